The van der Waals surface area contributed by atoms with Crippen molar-refractivity contribution in [1.82, 2.24) is 0 Å². The average molecular weight is 217 g/mol. The van der Waals surface area contributed by atoms with E-state index in [0.29, 0.717) is 18.5 Å². The van der Waals surface area contributed by atoms with Crippen molar-refractivity contribution in [2.45, 2.75) is 32.1 Å². The molecule has 1 aliphatic rings. The van der Waals surface area contributed by atoms with E-state index < -0.39 is 0 Å². The van der Waals surface area contributed by atoms with Crippen LogP contribution in [-0.4, -0.2) is 12.2 Å². The summed E-state index contributed by atoms with van der Waals surface area (Å²) in [5.74, 6) is 0.170. The zero-order valence-corrected chi connectivity index (χ0v) is 9.54. The van der Waals surface area contributed by atoms with Crippen molar-refractivity contribution in [3.8, 4) is 0 Å². The molecule has 1 aliphatic carbocycles. The normalized spacial score (nSPS) is 17.8. The van der Waals surface area contributed by atoms with Gasteiger partial charge in [-0.3, -0.25) is 9.59 Å². The second-order valence-corrected chi connectivity index (χ2v) is 4.83. The number of hydrogen-bond acceptors (Lipinski definition) is 2. The molecule has 0 heterocycles. The van der Waals surface area contributed by atoms with E-state index in [1.165, 1.54) is 0 Å². The van der Waals surface area contributed by atoms with Crippen LogP contribution in [0.2, 0.25) is 0 Å². The number of ketones is 1. The SMILES string of the molecule is CC1(C)CCC(=O)c2cc(NC=O)ccc21. The largest absolute Gasteiger partial charge is 0.329 e. The number of benzene rings is 1. The number of carbonyl (C=O) groups excluding carboxylic acids is 2. The van der Waals surface area contributed by atoms with Crippen LogP contribution in [0.25, 0.3) is 0 Å². The molecule has 1 N–H and O–H groups in total. The third-order valence-corrected chi connectivity index (χ3v) is 3.25. The van der Waals surface area contributed by atoms with Crippen molar-refractivity contribution in [3.05, 3.63) is 29.3 Å². The van der Waals surface area contributed by atoms with Crippen LogP contribution in [0.1, 0.15) is 42.6 Å². The zero-order chi connectivity index (χ0) is 11.8. The topological polar surface area (TPSA) is 46.2 Å². The maximum Gasteiger partial charge on any atom is 0.211 e. The van der Waals surface area contributed by atoms with Gasteiger partial charge in [-0.1, -0.05) is 19.9 Å². The molecule has 2 rings (SSSR count). The number of anilines is 1. The molecule has 0 saturated carbocycles. The van der Waals surface area contributed by atoms with Gasteiger partial charge >= 0.3 is 0 Å². The number of Topliss-reactive ketones (excluding diaryl/α,β-unsaturated/α-hetero) is 1. The highest BCUT2D eigenvalue weighted by Gasteiger charge is 2.31. The number of rotatable bonds is 2. The molecule has 0 spiro atoms. The summed E-state index contributed by atoms with van der Waals surface area (Å²) >= 11 is 0. The first kappa shape index (κ1) is 10.9. The fraction of sp³-hybridized carbons (Fsp3) is 0.385. The molecule has 0 aliphatic heterocycles. The van der Waals surface area contributed by atoms with Gasteiger partial charge in [-0.15, -0.1) is 0 Å². The maximum atomic E-state index is 11.8. The number of amides is 1. The molecule has 0 radical (unpaired) electrons. The molecule has 1 aromatic carbocycles. The van der Waals surface area contributed by atoms with Crippen molar-refractivity contribution in [1.29, 1.82) is 0 Å². The fourth-order valence-electron chi connectivity index (χ4n) is 2.22. The summed E-state index contributed by atoms with van der Waals surface area (Å²) in [6, 6.07) is 5.55. The van der Waals surface area contributed by atoms with Gasteiger partial charge < -0.3 is 5.32 Å². The number of nitrogens with one attached hydrogen (secondary N) is 1. The van der Waals surface area contributed by atoms with Gasteiger partial charge in [0.15, 0.2) is 5.78 Å². The molecule has 0 atom stereocenters. The summed E-state index contributed by atoms with van der Waals surface area (Å²) < 4.78 is 0. The monoisotopic (exact) mass is 217 g/mol. The minimum Gasteiger partial charge on any atom is -0.329 e. The molecule has 84 valence electrons. The molecule has 3 nitrogen and oxygen atoms in total. The lowest BCUT2D eigenvalue weighted by Gasteiger charge is -2.31. The smallest absolute Gasteiger partial charge is 0.211 e. The van der Waals surface area contributed by atoms with Gasteiger partial charge in [0, 0.05) is 17.7 Å². The molecular weight excluding hydrogens is 202 g/mol. The summed E-state index contributed by atoms with van der Waals surface area (Å²) in [4.78, 5) is 22.2. The van der Waals surface area contributed by atoms with Gasteiger partial charge in [0.2, 0.25) is 6.41 Å². The van der Waals surface area contributed by atoms with Gasteiger partial charge in [0.1, 0.15) is 0 Å². The minimum absolute atomic E-state index is 0.0446. The van der Waals surface area contributed by atoms with E-state index in [-0.39, 0.29) is 11.2 Å². The van der Waals surface area contributed by atoms with Crippen LogP contribution < -0.4 is 5.32 Å². The fourth-order valence-corrected chi connectivity index (χ4v) is 2.22. The van der Waals surface area contributed by atoms with Crippen LogP contribution in [0, 0.1) is 0 Å². The first-order valence-corrected chi connectivity index (χ1v) is 5.42. The van der Waals surface area contributed by atoms with Crippen molar-refractivity contribution in [2.24, 2.45) is 0 Å². The summed E-state index contributed by atoms with van der Waals surface area (Å²) in [6.45, 7) is 4.29. The summed E-state index contributed by atoms with van der Waals surface area (Å²) in [5.41, 5.74) is 2.56. The molecule has 0 saturated heterocycles. The van der Waals surface area contributed by atoms with E-state index in [1.807, 2.05) is 12.1 Å². The average Bonchev–Trinajstić information content (AvgIpc) is 2.25. The first-order chi connectivity index (χ1) is 7.54. The van der Waals surface area contributed by atoms with Crippen LogP contribution in [0.3, 0.4) is 0 Å². The Morgan fingerprint density at radius 3 is 2.81 bits per heavy atom. The van der Waals surface area contributed by atoms with E-state index in [1.54, 1.807) is 6.07 Å². The summed E-state index contributed by atoms with van der Waals surface area (Å²) in [5, 5.41) is 2.57. The molecule has 0 bridgehead atoms. The molecule has 0 fully saturated rings. The maximum absolute atomic E-state index is 11.8. The first-order valence-electron chi connectivity index (χ1n) is 5.42. The molecule has 0 unspecified atom stereocenters. The lowest BCUT2D eigenvalue weighted by Crippen LogP contribution is -2.27. The second-order valence-electron chi connectivity index (χ2n) is 4.83. The Labute approximate surface area is 94.9 Å². The zero-order valence-electron chi connectivity index (χ0n) is 9.54. The van der Waals surface area contributed by atoms with Crippen LogP contribution >= 0.6 is 0 Å². The standard InChI is InChI=1S/C13H15NO2/c1-13(2)6-5-12(16)10-7-9(14-8-15)3-4-11(10)13/h3-4,7-8H,5-6H2,1-2H3,(H,14,15). The highest BCUT2D eigenvalue weighted by molar-refractivity contribution is 6.00. The third kappa shape index (κ3) is 1.73. The van der Waals surface area contributed by atoms with Crippen molar-refractivity contribution < 1.29 is 9.59 Å². The second kappa shape index (κ2) is 3.74. The number of hydrogen-bond donors (Lipinski definition) is 1. The Bertz CT molecular complexity index is 449. The van der Waals surface area contributed by atoms with E-state index in [4.69, 9.17) is 0 Å². The Morgan fingerprint density at radius 2 is 2.12 bits per heavy atom. The van der Waals surface area contributed by atoms with E-state index >= 15 is 0 Å². The predicted octanol–water partition coefficient (Wildman–Crippen LogP) is 2.51. The van der Waals surface area contributed by atoms with E-state index in [9.17, 15) is 9.59 Å². The van der Waals surface area contributed by atoms with Crippen LogP contribution in [0.15, 0.2) is 18.2 Å². The van der Waals surface area contributed by atoms with Crippen LogP contribution in [-0.2, 0) is 10.2 Å². The molecular formula is C13H15NO2. The van der Waals surface area contributed by atoms with Crippen molar-refractivity contribution in [2.75, 3.05) is 5.32 Å². The molecule has 3 heteroatoms. The Kier molecular flexibility index (Phi) is 2.54. The molecule has 1 amide bonds. The van der Waals surface area contributed by atoms with Gasteiger partial charge in [-0.05, 0) is 29.5 Å². The lowest BCUT2D eigenvalue weighted by molar-refractivity contribution is -0.105. The highest BCUT2D eigenvalue weighted by Crippen LogP contribution is 2.37. The Balaban J connectivity index is 2.51. The van der Waals surface area contributed by atoms with Crippen molar-refractivity contribution in [3.63, 3.8) is 0 Å². The van der Waals surface area contributed by atoms with E-state index in [2.05, 4.69) is 19.2 Å². The summed E-state index contributed by atoms with van der Waals surface area (Å²) in [6.07, 6.45) is 2.10. The molecule has 0 aromatic heterocycles. The van der Waals surface area contributed by atoms with Crippen molar-refractivity contribution >= 4 is 17.9 Å². The molecule has 1 aromatic rings. The van der Waals surface area contributed by atoms with Crippen LogP contribution in [0.4, 0.5) is 5.69 Å². The van der Waals surface area contributed by atoms with Gasteiger partial charge in [0.25, 0.3) is 0 Å². The van der Waals surface area contributed by atoms with Gasteiger partial charge in [-0.2, -0.15) is 0 Å². The Morgan fingerprint density at radius 1 is 1.38 bits per heavy atom. The predicted molar refractivity (Wildman–Crippen MR) is 62.7 cm³/mol. The third-order valence-electron chi connectivity index (χ3n) is 3.25. The summed E-state index contributed by atoms with van der Waals surface area (Å²) in [7, 11) is 0. The van der Waals surface area contributed by atoms with E-state index in [0.717, 1.165) is 17.5 Å². The van der Waals surface area contributed by atoms with Gasteiger partial charge in [0.05, 0.1) is 0 Å². The Hall–Kier alpha value is -1.64. The number of carbonyl (C=O) groups is 2. The lowest BCUT2D eigenvalue weighted by atomic mass is 9.72. The number of fused-ring (bicyclic) bond motifs is 1. The minimum atomic E-state index is 0.0446. The van der Waals surface area contributed by atoms with Gasteiger partial charge in [-0.25, -0.2) is 0 Å². The highest BCUT2D eigenvalue weighted by atomic mass is 16.1. The molecule has 16 heavy (non-hydrogen) atoms. The van der Waals surface area contributed by atoms with Crippen LogP contribution in [0.5, 0.6) is 0 Å². The quantitative estimate of drug-likeness (QED) is 0.774.